The summed E-state index contributed by atoms with van der Waals surface area (Å²) in [5, 5.41) is 10.2. The third-order valence-electron chi connectivity index (χ3n) is 2.95. The van der Waals surface area contributed by atoms with Crippen molar-refractivity contribution in [1.29, 1.82) is 0 Å². The molecule has 0 bridgehead atoms. The summed E-state index contributed by atoms with van der Waals surface area (Å²) in [6, 6.07) is 8.55. The van der Waals surface area contributed by atoms with Gasteiger partial charge in [-0.15, -0.1) is 0 Å². The SMILES string of the molecule is COC(=O)c1ccc(C(O)c2cn3ccccc3n2)o1. The van der Waals surface area contributed by atoms with Crippen LogP contribution in [0, 0.1) is 0 Å². The van der Waals surface area contributed by atoms with Gasteiger partial charge in [0.05, 0.1) is 12.8 Å². The molecule has 1 atom stereocenters. The van der Waals surface area contributed by atoms with E-state index >= 15 is 0 Å². The van der Waals surface area contributed by atoms with Gasteiger partial charge in [0.2, 0.25) is 5.76 Å². The first kappa shape index (κ1) is 12.4. The molecule has 20 heavy (non-hydrogen) atoms. The number of hydrogen-bond acceptors (Lipinski definition) is 5. The van der Waals surface area contributed by atoms with Crippen molar-refractivity contribution < 1.29 is 19.1 Å². The Morgan fingerprint density at radius 3 is 3.00 bits per heavy atom. The van der Waals surface area contributed by atoms with E-state index in [1.54, 1.807) is 10.6 Å². The van der Waals surface area contributed by atoms with E-state index in [1.165, 1.54) is 19.2 Å². The maximum absolute atomic E-state index is 11.3. The molecule has 3 aromatic rings. The Kier molecular flexibility index (Phi) is 3.00. The molecule has 0 aliphatic carbocycles. The molecule has 102 valence electrons. The van der Waals surface area contributed by atoms with Gasteiger partial charge in [-0.1, -0.05) is 6.07 Å². The Hall–Kier alpha value is -2.60. The molecule has 0 amide bonds. The number of imidazole rings is 1. The number of esters is 1. The summed E-state index contributed by atoms with van der Waals surface area (Å²) in [6.45, 7) is 0. The minimum atomic E-state index is -1.03. The maximum Gasteiger partial charge on any atom is 0.373 e. The Morgan fingerprint density at radius 2 is 2.25 bits per heavy atom. The van der Waals surface area contributed by atoms with Gasteiger partial charge in [-0.3, -0.25) is 0 Å². The lowest BCUT2D eigenvalue weighted by Crippen LogP contribution is -2.00. The van der Waals surface area contributed by atoms with Crippen LogP contribution in [0.25, 0.3) is 5.65 Å². The van der Waals surface area contributed by atoms with Crippen LogP contribution in [-0.2, 0) is 4.74 Å². The molecule has 0 aliphatic rings. The van der Waals surface area contributed by atoms with Crippen molar-refractivity contribution in [2.45, 2.75) is 6.10 Å². The lowest BCUT2D eigenvalue weighted by atomic mass is 10.2. The average molecular weight is 272 g/mol. The fourth-order valence-electron chi connectivity index (χ4n) is 1.94. The number of rotatable bonds is 3. The second-order valence-electron chi connectivity index (χ2n) is 4.23. The van der Waals surface area contributed by atoms with E-state index in [9.17, 15) is 9.90 Å². The van der Waals surface area contributed by atoms with Crippen LogP contribution in [0.4, 0.5) is 0 Å². The molecule has 3 rings (SSSR count). The number of nitrogens with zero attached hydrogens (tertiary/aromatic N) is 2. The maximum atomic E-state index is 11.3. The smallest absolute Gasteiger partial charge is 0.373 e. The Morgan fingerprint density at radius 1 is 1.40 bits per heavy atom. The van der Waals surface area contributed by atoms with Crippen LogP contribution in [0.3, 0.4) is 0 Å². The van der Waals surface area contributed by atoms with Crippen molar-refractivity contribution in [1.82, 2.24) is 9.38 Å². The van der Waals surface area contributed by atoms with Gasteiger partial charge in [0.15, 0.2) is 6.10 Å². The van der Waals surface area contributed by atoms with E-state index in [-0.39, 0.29) is 11.5 Å². The van der Waals surface area contributed by atoms with Crippen LogP contribution in [-0.4, -0.2) is 27.6 Å². The number of aliphatic hydroxyl groups excluding tert-OH is 1. The summed E-state index contributed by atoms with van der Waals surface area (Å²) in [6.07, 6.45) is 2.51. The number of hydrogen-bond donors (Lipinski definition) is 1. The van der Waals surface area contributed by atoms with E-state index in [0.29, 0.717) is 5.69 Å². The molecule has 0 fully saturated rings. The molecule has 0 saturated heterocycles. The monoisotopic (exact) mass is 272 g/mol. The van der Waals surface area contributed by atoms with Crippen molar-refractivity contribution in [2.24, 2.45) is 0 Å². The van der Waals surface area contributed by atoms with Crippen LogP contribution < -0.4 is 0 Å². The van der Waals surface area contributed by atoms with Gasteiger partial charge in [-0.25, -0.2) is 9.78 Å². The zero-order chi connectivity index (χ0) is 14.1. The van der Waals surface area contributed by atoms with E-state index < -0.39 is 12.1 Å². The third-order valence-corrected chi connectivity index (χ3v) is 2.95. The fraction of sp³-hybridized carbons (Fsp3) is 0.143. The second-order valence-corrected chi connectivity index (χ2v) is 4.23. The van der Waals surface area contributed by atoms with Crippen molar-refractivity contribution in [3.63, 3.8) is 0 Å². The van der Waals surface area contributed by atoms with Gasteiger partial charge < -0.3 is 18.7 Å². The van der Waals surface area contributed by atoms with Crippen molar-refractivity contribution >= 4 is 11.6 Å². The standard InChI is InChI=1S/C14H12N2O4/c1-19-14(18)11-6-5-10(20-11)13(17)9-8-16-7-3-2-4-12(16)15-9/h2-8,13,17H,1H3. The number of methoxy groups -OCH3 is 1. The summed E-state index contributed by atoms with van der Waals surface area (Å²) < 4.78 is 11.6. The molecular formula is C14H12N2O4. The average Bonchev–Trinajstić information content (AvgIpc) is 3.12. The second kappa shape index (κ2) is 4.82. The predicted molar refractivity (Wildman–Crippen MR) is 69.3 cm³/mol. The van der Waals surface area contributed by atoms with Crippen molar-refractivity contribution in [3.05, 3.63) is 59.9 Å². The highest BCUT2D eigenvalue weighted by Crippen LogP contribution is 2.23. The number of ether oxygens (including phenoxy) is 1. The van der Waals surface area contributed by atoms with Gasteiger partial charge in [0.1, 0.15) is 11.4 Å². The van der Waals surface area contributed by atoms with Gasteiger partial charge in [-0.05, 0) is 24.3 Å². The van der Waals surface area contributed by atoms with Gasteiger partial charge in [0, 0.05) is 12.4 Å². The number of fused-ring (bicyclic) bond motifs is 1. The van der Waals surface area contributed by atoms with E-state index in [0.717, 1.165) is 5.65 Å². The molecule has 0 radical (unpaired) electrons. The highest BCUT2D eigenvalue weighted by Gasteiger charge is 2.20. The molecule has 0 aliphatic heterocycles. The molecule has 1 unspecified atom stereocenters. The molecule has 6 heteroatoms. The molecule has 1 N–H and O–H groups in total. The first-order chi connectivity index (χ1) is 9.69. The molecule has 0 aromatic carbocycles. The zero-order valence-corrected chi connectivity index (χ0v) is 10.7. The number of pyridine rings is 1. The van der Waals surface area contributed by atoms with Crippen LogP contribution >= 0.6 is 0 Å². The van der Waals surface area contributed by atoms with E-state index in [1.807, 2.05) is 24.4 Å². The number of furan rings is 1. The largest absolute Gasteiger partial charge is 0.463 e. The highest BCUT2D eigenvalue weighted by molar-refractivity contribution is 5.86. The molecule has 3 aromatic heterocycles. The number of aromatic nitrogens is 2. The van der Waals surface area contributed by atoms with Crippen LogP contribution in [0.5, 0.6) is 0 Å². The summed E-state index contributed by atoms with van der Waals surface area (Å²) >= 11 is 0. The molecule has 0 saturated carbocycles. The highest BCUT2D eigenvalue weighted by atomic mass is 16.5. The quantitative estimate of drug-likeness (QED) is 0.736. The first-order valence-electron chi connectivity index (χ1n) is 5.99. The van der Waals surface area contributed by atoms with E-state index in [4.69, 9.17) is 4.42 Å². The minimum Gasteiger partial charge on any atom is -0.463 e. The van der Waals surface area contributed by atoms with Gasteiger partial charge in [0.25, 0.3) is 0 Å². The molecule has 6 nitrogen and oxygen atoms in total. The predicted octanol–water partition coefficient (Wildman–Crippen LogP) is 1.80. The third kappa shape index (κ3) is 2.06. The fourth-order valence-corrected chi connectivity index (χ4v) is 1.94. The zero-order valence-electron chi connectivity index (χ0n) is 10.7. The summed E-state index contributed by atoms with van der Waals surface area (Å²) in [5.41, 5.74) is 1.17. The minimum absolute atomic E-state index is 0.0466. The number of carbonyl (C=O) groups is 1. The van der Waals surface area contributed by atoms with Crippen LogP contribution in [0.2, 0.25) is 0 Å². The lowest BCUT2D eigenvalue weighted by molar-refractivity contribution is 0.0557. The Bertz CT molecular complexity index is 726. The Balaban J connectivity index is 1.93. The van der Waals surface area contributed by atoms with Crippen LogP contribution in [0.15, 0.2) is 47.1 Å². The summed E-state index contributed by atoms with van der Waals surface area (Å²) in [7, 11) is 1.27. The van der Waals surface area contributed by atoms with Gasteiger partial charge in [-0.2, -0.15) is 0 Å². The lowest BCUT2D eigenvalue weighted by Gasteiger charge is -2.03. The van der Waals surface area contributed by atoms with E-state index in [2.05, 4.69) is 9.72 Å². The van der Waals surface area contributed by atoms with Crippen LogP contribution in [0.1, 0.15) is 28.1 Å². The summed E-state index contributed by atoms with van der Waals surface area (Å²) in [5.74, 6) is -0.294. The molecular weight excluding hydrogens is 260 g/mol. The normalized spacial score (nSPS) is 12.5. The Labute approximate surface area is 114 Å². The molecule has 0 spiro atoms. The topological polar surface area (TPSA) is 77.0 Å². The number of aliphatic hydroxyl groups is 1. The first-order valence-corrected chi connectivity index (χ1v) is 5.99. The van der Waals surface area contributed by atoms with Gasteiger partial charge >= 0.3 is 5.97 Å². The van der Waals surface area contributed by atoms with Crippen molar-refractivity contribution in [2.75, 3.05) is 7.11 Å². The number of carbonyl (C=O) groups excluding carboxylic acids is 1. The molecule has 3 heterocycles. The summed E-state index contributed by atoms with van der Waals surface area (Å²) in [4.78, 5) is 15.6. The van der Waals surface area contributed by atoms with Crippen molar-refractivity contribution in [3.8, 4) is 0 Å².